The third-order valence-corrected chi connectivity index (χ3v) is 1.55. The normalized spacial score (nSPS) is 9.93. The van der Waals surface area contributed by atoms with Crippen LogP contribution in [0.3, 0.4) is 0 Å². The van der Waals surface area contributed by atoms with E-state index < -0.39 is 18.3 Å². The van der Waals surface area contributed by atoms with Crippen molar-refractivity contribution in [3.8, 4) is 0 Å². The summed E-state index contributed by atoms with van der Waals surface area (Å²) in [6, 6.07) is 0. The van der Waals surface area contributed by atoms with E-state index in [9.17, 15) is 9.59 Å². The maximum atomic E-state index is 10.9. The van der Waals surface area contributed by atoms with Crippen molar-refractivity contribution in [3.05, 3.63) is 11.7 Å². The number of aromatic nitrogens is 2. The summed E-state index contributed by atoms with van der Waals surface area (Å²) in [5.41, 5.74) is 0. The van der Waals surface area contributed by atoms with Gasteiger partial charge < -0.3 is 14.9 Å². The number of carbonyl (C=O) groups excluding carboxylic acids is 1. The van der Waals surface area contributed by atoms with Crippen molar-refractivity contribution in [2.75, 3.05) is 6.54 Å². The van der Waals surface area contributed by atoms with Gasteiger partial charge >= 0.3 is 5.97 Å². The van der Waals surface area contributed by atoms with E-state index in [0.717, 1.165) is 0 Å². The summed E-state index contributed by atoms with van der Waals surface area (Å²) in [6.45, 7) is 1.96. The van der Waals surface area contributed by atoms with E-state index in [1.807, 2.05) is 0 Å². The third kappa shape index (κ3) is 4.21. The summed E-state index contributed by atoms with van der Waals surface area (Å²) in [5, 5.41) is 14.4. The highest BCUT2D eigenvalue weighted by Gasteiger charge is 2.07. The zero-order chi connectivity index (χ0) is 11.3. The van der Waals surface area contributed by atoms with Gasteiger partial charge in [-0.3, -0.25) is 9.59 Å². The molecule has 0 aliphatic carbocycles. The van der Waals surface area contributed by atoms with Crippen LogP contribution in [-0.4, -0.2) is 33.7 Å². The number of nitrogens with zero attached hydrogens (tertiary/aromatic N) is 2. The zero-order valence-corrected chi connectivity index (χ0v) is 8.19. The monoisotopic (exact) mass is 213 g/mol. The average Bonchev–Trinajstić information content (AvgIpc) is 2.50. The number of amides is 1. The fourth-order valence-electron chi connectivity index (χ4n) is 0.956. The van der Waals surface area contributed by atoms with Crippen LogP contribution in [0.15, 0.2) is 4.52 Å². The van der Waals surface area contributed by atoms with Gasteiger partial charge in [0.25, 0.3) is 0 Å². The van der Waals surface area contributed by atoms with Gasteiger partial charge in [0.2, 0.25) is 11.8 Å². The molecule has 15 heavy (non-hydrogen) atoms. The molecule has 0 bridgehead atoms. The quantitative estimate of drug-likeness (QED) is 0.639. The molecule has 0 aliphatic heterocycles. The maximum Gasteiger partial charge on any atom is 0.312 e. The highest BCUT2D eigenvalue weighted by molar-refractivity contribution is 5.93. The van der Waals surface area contributed by atoms with Gasteiger partial charge in [0.1, 0.15) is 6.42 Å². The van der Waals surface area contributed by atoms with Crippen LogP contribution in [0.25, 0.3) is 0 Å². The number of rotatable bonds is 5. The number of nitrogens with one attached hydrogen (secondary N) is 1. The number of aliphatic carboxylic acids is 1. The van der Waals surface area contributed by atoms with E-state index in [-0.39, 0.29) is 0 Å². The Morgan fingerprint density at radius 1 is 1.53 bits per heavy atom. The second-order valence-electron chi connectivity index (χ2n) is 2.90. The summed E-state index contributed by atoms with van der Waals surface area (Å²) in [7, 11) is 0. The Labute approximate surface area is 85.5 Å². The molecule has 2 N–H and O–H groups in total. The highest BCUT2D eigenvalue weighted by atomic mass is 16.5. The van der Waals surface area contributed by atoms with E-state index in [1.54, 1.807) is 6.92 Å². The molecule has 0 unspecified atom stereocenters. The molecule has 1 aromatic rings. The third-order valence-electron chi connectivity index (χ3n) is 1.55. The van der Waals surface area contributed by atoms with Crippen molar-refractivity contribution < 1.29 is 19.2 Å². The summed E-state index contributed by atoms with van der Waals surface area (Å²) in [6.07, 6.45) is -0.103. The number of carboxylic acid groups (broad SMARTS) is 1. The van der Waals surface area contributed by atoms with Crippen LogP contribution in [0, 0.1) is 6.92 Å². The fraction of sp³-hybridized carbons (Fsp3) is 0.500. The first-order valence-corrected chi connectivity index (χ1v) is 4.35. The second kappa shape index (κ2) is 5.08. The van der Waals surface area contributed by atoms with Gasteiger partial charge in [-0.15, -0.1) is 0 Å². The van der Waals surface area contributed by atoms with Gasteiger partial charge in [0.15, 0.2) is 5.82 Å². The predicted octanol–water partition coefficient (Wildman–Crippen LogP) is -0.489. The van der Waals surface area contributed by atoms with E-state index in [1.165, 1.54) is 0 Å². The SMILES string of the molecule is Cc1nc(CCNC(=O)CC(=O)O)no1. The van der Waals surface area contributed by atoms with Gasteiger partial charge in [-0.2, -0.15) is 4.98 Å². The van der Waals surface area contributed by atoms with Crippen LogP contribution in [0.4, 0.5) is 0 Å². The lowest BCUT2D eigenvalue weighted by Gasteiger charge is -1.99. The summed E-state index contributed by atoms with van der Waals surface area (Å²) >= 11 is 0. The molecule has 7 heteroatoms. The Morgan fingerprint density at radius 2 is 2.27 bits per heavy atom. The van der Waals surface area contributed by atoms with Crippen molar-refractivity contribution in [2.24, 2.45) is 0 Å². The van der Waals surface area contributed by atoms with Gasteiger partial charge in [-0.1, -0.05) is 5.16 Å². The lowest BCUT2D eigenvalue weighted by molar-refractivity contribution is -0.140. The van der Waals surface area contributed by atoms with Crippen LogP contribution in [-0.2, 0) is 16.0 Å². The van der Waals surface area contributed by atoms with Gasteiger partial charge in [0, 0.05) is 19.9 Å². The molecule has 0 saturated carbocycles. The molecule has 82 valence electrons. The van der Waals surface area contributed by atoms with Gasteiger partial charge in [-0.25, -0.2) is 0 Å². The van der Waals surface area contributed by atoms with Crippen molar-refractivity contribution in [3.63, 3.8) is 0 Å². The fourth-order valence-corrected chi connectivity index (χ4v) is 0.956. The Balaban J connectivity index is 2.22. The predicted molar refractivity (Wildman–Crippen MR) is 48.0 cm³/mol. The summed E-state index contributed by atoms with van der Waals surface area (Å²) < 4.78 is 4.72. The number of aryl methyl sites for hydroxylation is 1. The van der Waals surface area contributed by atoms with E-state index in [0.29, 0.717) is 24.7 Å². The van der Waals surface area contributed by atoms with Crippen molar-refractivity contribution in [2.45, 2.75) is 19.8 Å². The lowest BCUT2D eigenvalue weighted by atomic mass is 10.3. The molecule has 0 aliphatic rings. The molecule has 0 radical (unpaired) electrons. The number of carboxylic acids is 1. The molecule has 1 heterocycles. The number of carbonyl (C=O) groups is 2. The largest absolute Gasteiger partial charge is 0.481 e. The number of hydrogen-bond donors (Lipinski definition) is 2. The molecule has 1 aromatic heterocycles. The first-order valence-electron chi connectivity index (χ1n) is 4.35. The van der Waals surface area contributed by atoms with Crippen LogP contribution < -0.4 is 5.32 Å². The van der Waals surface area contributed by atoms with Gasteiger partial charge in [-0.05, 0) is 0 Å². The first-order chi connectivity index (χ1) is 7.08. The lowest BCUT2D eigenvalue weighted by Crippen LogP contribution is -2.27. The molecule has 0 atom stereocenters. The van der Waals surface area contributed by atoms with Crippen molar-refractivity contribution >= 4 is 11.9 Å². The smallest absolute Gasteiger partial charge is 0.312 e. The van der Waals surface area contributed by atoms with E-state index >= 15 is 0 Å². The summed E-state index contributed by atoms with van der Waals surface area (Å²) in [5.74, 6) is -0.726. The molecule has 0 aromatic carbocycles. The minimum absolute atomic E-state index is 0.297. The minimum atomic E-state index is -1.15. The van der Waals surface area contributed by atoms with Gasteiger partial charge in [0.05, 0.1) is 0 Å². The van der Waals surface area contributed by atoms with Crippen LogP contribution in [0.2, 0.25) is 0 Å². The van der Waals surface area contributed by atoms with Crippen LogP contribution in [0.1, 0.15) is 18.1 Å². The Bertz CT molecular complexity index is 361. The standard InChI is InChI=1S/C8H11N3O4/c1-5-10-6(11-15-5)2-3-9-7(12)4-8(13)14/h2-4H2,1H3,(H,9,12)(H,13,14). The topological polar surface area (TPSA) is 105 Å². The molecule has 0 spiro atoms. The Morgan fingerprint density at radius 3 is 2.80 bits per heavy atom. The second-order valence-corrected chi connectivity index (χ2v) is 2.90. The minimum Gasteiger partial charge on any atom is -0.481 e. The molecule has 0 saturated heterocycles. The molecule has 1 rings (SSSR count). The van der Waals surface area contributed by atoms with Crippen LogP contribution >= 0.6 is 0 Å². The van der Waals surface area contributed by atoms with Crippen LogP contribution in [0.5, 0.6) is 0 Å². The van der Waals surface area contributed by atoms with E-state index in [2.05, 4.69) is 15.5 Å². The first kappa shape index (κ1) is 11.2. The average molecular weight is 213 g/mol. The molecule has 1 amide bonds. The Hall–Kier alpha value is -1.92. The molecule has 0 fully saturated rings. The van der Waals surface area contributed by atoms with Crippen molar-refractivity contribution in [1.82, 2.24) is 15.5 Å². The number of hydrogen-bond acceptors (Lipinski definition) is 5. The van der Waals surface area contributed by atoms with Crippen molar-refractivity contribution in [1.29, 1.82) is 0 Å². The highest BCUT2D eigenvalue weighted by Crippen LogP contribution is 1.94. The zero-order valence-electron chi connectivity index (χ0n) is 8.19. The Kier molecular flexibility index (Phi) is 3.78. The molecular weight excluding hydrogens is 202 g/mol. The van der Waals surface area contributed by atoms with E-state index in [4.69, 9.17) is 9.63 Å². The molecular formula is C8H11N3O4. The maximum absolute atomic E-state index is 10.9. The summed E-state index contributed by atoms with van der Waals surface area (Å²) in [4.78, 5) is 25.0. The molecule has 7 nitrogen and oxygen atoms in total.